The number of hydrogen-bond acceptors (Lipinski definition) is 8. The van der Waals surface area contributed by atoms with Crippen molar-refractivity contribution in [2.45, 2.75) is 6.92 Å². The van der Waals surface area contributed by atoms with Crippen LogP contribution < -0.4 is 11.5 Å². The van der Waals surface area contributed by atoms with Gasteiger partial charge in [0.2, 0.25) is 11.9 Å². The SMILES string of the molecule is Cc1nc(N)nc(N)n1.OP(O)O. The Morgan fingerprint density at radius 2 is 1.31 bits per heavy atom. The van der Waals surface area contributed by atoms with Gasteiger partial charge in [0, 0.05) is 0 Å². The maximum Gasteiger partial charge on any atom is 0.324 e. The molecule has 13 heavy (non-hydrogen) atoms. The van der Waals surface area contributed by atoms with Crippen LogP contribution in [-0.2, 0) is 0 Å². The molecule has 8 nitrogen and oxygen atoms in total. The van der Waals surface area contributed by atoms with Gasteiger partial charge in [0.1, 0.15) is 5.82 Å². The minimum atomic E-state index is -2.62. The first kappa shape index (κ1) is 11.9. The number of nitrogens with zero attached hydrogens (tertiary/aromatic N) is 3. The van der Waals surface area contributed by atoms with Crippen molar-refractivity contribution in [3.63, 3.8) is 0 Å². The van der Waals surface area contributed by atoms with Crippen molar-refractivity contribution < 1.29 is 14.7 Å². The molecule has 9 heteroatoms. The number of hydrogen-bond donors (Lipinski definition) is 5. The molecule has 1 aromatic rings. The van der Waals surface area contributed by atoms with Gasteiger partial charge in [-0.25, -0.2) is 0 Å². The molecule has 0 saturated heterocycles. The lowest BCUT2D eigenvalue weighted by Gasteiger charge is -1.93. The minimum Gasteiger partial charge on any atom is -0.368 e. The van der Waals surface area contributed by atoms with Crippen molar-refractivity contribution in [3.8, 4) is 0 Å². The van der Waals surface area contributed by atoms with Crippen molar-refractivity contribution in [1.82, 2.24) is 15.0 Å². The normalized spacial score (nSPS) is 9.31. The van der Waals surface area contributed by atoms with Gasteiger partial charge in [0.25, 0.3) is 0 Å². The van der Waals surface area contributed by atoms with Crippen LogP contribution in [0, 0.1) is 6.92 Å². The van der Waals surface area contributed by atoms with Crippen LogP contribution in [0.2, 0.25) is 0 Å². The lowest BCUT2D eigenvalue weighted by atomic mass is 10.7. The lowest BCUT2D eigenvalue weighted by Crippen LogP contribution is -2.03. The summed E-state index contributed by atoms with van der Waals surface area (Å²) in [6.45, 7) is 1.70. The molecular weight excluding hydrogens is 197 g/mol. The Balaban J connectivity index is 0.000000310. The summed E-state index contributed by atoms with van der Waals surface area (Å²) in [4.78, 5) is 32.7. The number of aromatic nitrogens is 3. The minimum absolute atomic E-state index is 0.167. The van der Waals surface area contributed by atoms with E-state index < -0.39 is 8.60 Å². The first-order valence-corrected chi connectivity index (χ1v) is 4.22. The van der Waals surface area contributed by atoms with Gasteiger partial charge in [0.15, 0.2) is 0 Å². The smallest absolute Gasteiger partial charge is 0.324 e. The second-order valence-electron chi connectivity index (χ2n) is 1.87. The van der Waals surface area contributed by atoms with Crippen molar-refractivity contribution in [2.24, 2.45) is 0 Å². The van der Waals surface area contributed by atoms with Crippen molar-refractivity contribution in [2.75, 3.05) is 11.5 Å². The molecule has 0 aliphatic carbocycles. The van der Waals surface area contributed by atoms with Gasteiger partial charge < -0.3 is 26.1 Å². The zero-order valence-corrected chi connectivity index (χ0v) is 7.68. The Bertz CT molecular complexity index is 217. The van der Waals surface area contributed by atoms with E-state index in [1.807, 2.05) is 0 Å². The zero-order valence-electron chi connectivity index (χ0n) is 6.79. The predicted octanol–water partition coefficient (Wildman–Crippen LogP) is -1.47. The quantitative estimate of drug-likeness (QED) is 0.323. The van der Waals surface area contributed by atoms with Gasteiger partial charge in [-0.15, -0.1) is 0 Å². The van der Waals surface area contributed by atoms with E-state index in [0.29, 0.717) is 5.82 Å². The lowest BCUT2D eigenvalue weighted by molar-refractivity contribution is 0.368. The molecule has 7 N–H and O–H groups in total. The average Bonchev–Trinajstić information content (AvgIpc) is 1.80. The summed E-state index contributed by atoms with van der Waals surface area (Å²) in [5.41, 5.74) is 10.4. The zero-order chi connectivity index (χ0) is 10.4. The Hall–Kier alpha value is -1.08. The molecule has 1 heterocycles. The van der Waals surface area contributed by atoms with Crippen LogP contribution in [0.1, 0.15) is 5.82 Å². The first-order valence-electron chi connectivity index (χ1n) is 3.02. The molecule has 0 aromatic carbocycles. The van der Waals surface area contributed by atoms with Gasteiger partial charge in [-0.3, -0.25) is 0 Å². The molecule has 0 radical (unpaired) electrons. The summed E-state index contributed by atoms with van der Waals surface area (Å²) in [5.74, 6) is 0.875. The number of rotatable bonds is 0. The van der Waals surface area contributed by atoms with E-state index >= 15 is 0 Å². The summed E-state index contributed by atoms with van der Waals surface area (Å²) in [6.07, 6.45) is 0. The van der Waals surface area contributed by atoms with E-state index in [1.165, 1.54) is 0 Å². The van der Waals surface area contributed by atoms with Gasteiger partial charge in [-0.05, 0) is 6.92 Å². The molecule has 0 atom stereocenters. The van der Waals surface area contributed by atoms with E-state index in [1.54, 1.807) is 6.92 Å². The Kier molecular flexibility index (Phi) is 5.09. The highest BCUT2D eigenvalue weighted by molar-refractivity contribution is 7.38. The monoisotopic (exact) mass is 207 g/mol. The Labute approximate surface area is 75.3 Å². The van der Waals surface area contributed by atoms with Crippen LogP contribution in [0.3, 0.4) is 0 Å². The van der Waals surface area contributed by atoms with Gasteiger partial charge in [-0.2, -0.15) is 15.0 Å². The van der Waals surface area contributed by atoms with Crippen LogP contribution in [0.5, 0.6) is 0 Å². The van der Waals surface area contributed by atoms with Gasteiger partial charge >= 0.3 is 8.60 Å². The highest BCUT2D eigenvalue weighted by Gasteiger charge is 1.93. The van der Waals surface area contributed by atoms with E-state index in [-0.39, 0.29) is 11.9 Å². The maximum atomic E-state index is 7.23. The summed E-state index contributed by atoms with van der Waals surface area (Å²) in [7, 11) is -2.62. The molecule has 1 rings (SSSR count). The highest BCUT2D eigenvalue weighted by atomic mass is 31.2. The van der Waals surface area contributed by atoms with Crippen LogP contribution in [0.15, 0.2) is 0 Å². The summed E-state index contributed by atoms with van der Waals surface area (Å²) >= 11 is 0. The standard InChI is InChI=1S/C4H7N5.H3O3P/c1-2-7-3(5)9-4(6)8-2;1-4(2)3/h1H3,(H4,5,6,7,8,9);1-3H. The van der Waals surface area contributed by atoms with E-state index in [9.17, 15) is 0 Å². The van der Waals surface area contributed by atoms with Gasteiger partial charge in [0.05, 0.1) is 0 Å². The largest absolute Gasteiger partial charge is 0.368 e. The Morgan fingerprint density at radius 3 is 1.54 bits per heavy atom. The third-order valence-electron chi connectivity index (χ3n) is 0.782. The maximum absolute atomic E-state index is 7.23. The molecule has 74 valence electrons. The van der Waals surface area contributed by atoms with Crippen molar-refractivity contribution in [3.05, 3.63) is 5.82 Å². The van der Waals surface area contributed by atoms with Crippen LogP contribution in [-0.4, -0.2) is 29.6 Å². The van der Waals surface area contributed by atoms with Gasteiger partial charge in [-0.1, -0.05) is 0 Å². The number of nitrogens with two attached hydrogens (primary N) is 2. The second kappa shape index (κ2) is 5.55. The second-order valence-corrected chi connectivity index (χ2v) is 2.40. The third kappa shape index (κ3) is 7.29. The van der Waals surface area contributed by atoms with Crippen molar-refractivity contribution >= 4 is 20.5 Å². The van der Waals surface area contributed by atoms with E-state index in [4.69, 9.17) is 26.1 Å². The van der Waals surface area contributed by atoms with Crippen LogP contribution in [0.25, 0.3) is 0 Å². The topological polar surface area (TPSA) is 151 Å². The molecule has 0 bridgehead atoms. The molecule has 0 saturated carbocycles. The number of nitrogen functional groups attached to an aromatic ring is 2. The van der Waals surface area contributed by atoms with E-state index in [2.05, 4.69) is 15.0 Å². The molecular formula is C4H10N5O3P. The Morgan fingerprint density at radius 1 is 1.00 bits per heavy atom. The highest BCUT2D eigenvalue weighted by Crippen LogP contribution is 2.11. The molecule has 0 aliphatic rings. The summed E-state index contributed by atoms with van der Waals surface area (Å²) in [5, 5.41) is 0. The third-order valence-corrected chi connectivity index (χ3v) is 0.782. The predicted molar refractivity (Wildman–Crippen MR) is 47.0 cm³/mol. The first-order chi connectivity index (χ1) is 5.91. The van der Waals surface area contributed by atoms with Crippen LogP contribution in [0.4, 0.5) is 11.9 Å². The molecule has 0 aliphatic heterocycles. The molecule has 0 spiro atoms. The fraction of sp³-hybridized carbons (Fsp3) is 0.250. The number of anilines is 2. The molecule has 0 unspecified atom stereocenters. The molecule has 1 aromatic heterocycles. The van der Waals surface area contributed by atoms with E-state index in [0.717, 1.165) is 0 Å². The number of aryl methyl sites for hydroxylation is 1. The average molecular weight is 207 g/mol. The fourth-order valence-corrected chi connectivity index (χ4v) is 0.524. The molecule has 0 fully saturated rings. The van der Waals surface area contributed by atoms with Crippen LogP contribution >= 0.6 is 8.60 Å². The van der Waals surface area contributed by atoms with Crippen molar-refractivity contribution in [1.29, 1.82) is 0 Å². The summed E-state index contributed by atoms with van der Waals surface area (Å²) < 4.78 is 0. The summed E-state index contributed by atoms with van der Waals surface area (Å²) in [6, 6.07) is 0. The fourth-order valence-electron chi connectivity index (χ4n) is 0.524. The molecule has 0 amide bonds.